The zero-order valence-electron chi connectivity index (χ0n) is 11.5. The molecule has 0 bridgehead atoms. The fourth-order valence-electron chi connectivity index (χ4n) is 2.69. The van der Waals surface area contributed by atoms with E-state index in [2.05, 4.69) is 10.3 Å². The van der Waals surface area contributed by atoms with Crippen LogP contribution >= 0.6 is 0 Å². The van der Waals surface area contributed by atoms with Crippen molar-refractivity contribution in [3.63, 3.8) is 0 Å². The van der Waals surface area contributed by atoms with E-state index < -0.39 is 11.9 Å². The Bertz CT molecular complexity index is 690. The molecule has 2 aromatic heterocycles. The van der Waals surface area contributed by atoms with Crippen LogP contribution in [0.5, 0.6) is 0 Å². The minimum Gasteiger partial charge on any atom is -0.384 e. The number of halogens is 3. The van der Waals surface area contributed by atoms with E-state index in [1.165, 1.54) is 29.3 Å². The van der Waals surface area contributed by atoms with Crippen LogP contribution in [-0.2, 0) is 6.18 Å². The first kappa shape index (κ1) is 14.8. The van der Waals surface area contributed by atoms with Crippen LogP contribution in [0.25, 0.3) is 0 Å². The molecule has 1 fully saturated rings. The molecule has 0 saturated carbocycles. The van der Waals surface area contributed by atoms with Gasteiger partial charge in [0.2, 0.25) is 0 Å². The van der Waals surface area contributed by atoms with Gasteiger partial charge in [0.1, 0.15) is 12.0 Å². The van der Waals surface area contributed by atoms with Crippen LogP contribution in [-0.4, -0.2) is 16.3 Å². The average molecular weight is 313 g/mol. The highest BCUT2D eigenvalue weighted by Gasteiger charge is 2.33. The summed E-state index contributed by atoms with van der Waals surface area (Å²) in [5.74, 6) is 0. The molecule has 1 N–H and O–H groups in total. The Labute approximate surface area is 123 Å². The van der Waals surface area contributed by atoms with Crippen LogP contribution in [0.3, 0.4) is 0 Å². The van der Waals surface area contributed by atoms with E-state index in [0.29, 0.717) is 18.5 Å². The van der Waals surface area contributed by atoms with Crippen LogP contribution in [0.1, 0.15) is 36.2 Å². The number of rotatable bonds is 2. The van der Waals surface area contributed by atoms with E-state index in [4.69, 9.17) is 4.52 Å². The van der Waals surface area contributed by atoms with E-state index in [9.17, 15) is 18.0 Å². The first-order chi connectivity index (χ1) is 10.4. The van der Waals surface area contributed by atoms with Gasteiger partial charge in [-0.05, 0) is 31.0 Å². The van der Waals surface area contributed by atoms with Crippen molar-refractivity contribution in [1.29, 1.82) is 0 Å². The summed E-state index contributed by atoms with van der Waals surface area (Å²) in [4.78, 5) is 15.1. The maximum Gasteiger partial charge on any atom is 0.433 e. The third-order valence-corrected chi connectivity index (χ3v) is 3.79. The molecule has 3 rings (SSSR count). The largest absolute Gasteiger partial charge is 0.433 e. The Morgan fingerprint density at radius 1 is 1.32 bits per heavy atom. The predicted molar refractivity (Wildman–Crippen MR) is 71.2 cm³/mol. The highest BCUT2D eigenvalue weighted by Crippen LogP contribution is 2.31. The maximum absolute atomic E-state index is 12.5. The Hall–Kier alpha value is -2.09. The first-order valence-electron chi connectivity index (χ1n) is 6.88. The number of pyridine rings is 1. The quantitative estimate of drug-likeness (QED) is 0.925. The summed E-state index contributed by atoms with van der Waals surface area (Å²) >= 11 is 0. The lowest BCUT2D eigenvalue weighted by atomic mass is 9.95. The minimum atomic E-state index is -4.44. The Kier molecular flexibility index (Phi) is 3.78. The molecule has 1 aliphatic rings. The molecular formula is C14H14F3N3O2. The van der Waals surface area contributed by atoms with Gasteiger partial charge >= 0.3 is 6.18 Å². The van der Waals surface area contributed by atoms with Gasteiger partial charge in [-0.15, -0.1) is 0 Å². The highest BCUT2D eigenvalue weighted by atomic mass is 19.4. The monoisotopic (exact) mass is 313 g/mol. The van der Waals surface area contributed by atoms with Gasteiger partial charge in [-0.1, -0.05) is 6.07 Å². The van der Waals surface area contributed by atoms with Gasteiger partial charge in [-0.2, -0.15) is 17.9 Å². The second kappa shape index (κ2) is 5.60. The van der Waals surface area contributed by atoms with Gasteiger partial charge in [0.15, 0.2) is 0 Å². The first-order valence-corrected chi connectivity index (χ1v) is 6.88. The van der Waals surface area contributed by atoms with E-state index in [0.717, 1.165) is 12.5 Å². The molecule has 3 heterocycles. The molecule has 0 aromatic carbocycles. The third-order valence-electron chi connectivity index (χ3n) is 3.79. The summed E-state index contributed by atoms with van der Waals surface area (Å²) in [6.45, 7) is 0.642. The fourth-order valence-corrected chi connectivity index (χ4v) is 2.69. The minimum absolute atomic E-state index is 0.115. The van der Waals surface area contributed by atoms with Crippen molar-refractivity contribution in [2.45, 2.75) is 31.1 Å². The number of aromatic nitrogens is 2. The molecule has 1 saturated heterocycles. The highest BCUT2D eigenvalue weighted by molar-refractivity contribution is 5.20. The fraction of sp³-hybridized carbons (Fsp3) is 0.429. The van der Waals surface area contributed by atoms with E-state index in [1.54, 1.807) is 0 Å². The number of nitrogens with one attached hydrogen (secondary N) is 1. The molecule has 0 aliphatic carbocycles. The molecule has 0 radical (unpaired) electrons. The van der Waals surface area contributed by atoms with Crippen LogP contribution in [0.2, 0.25) is 0 Å². The summed E-state index contributed by atoms with van der Waals surface area (Å²) in [7, 11) is 0. The van der Waals surface area contributed by atoms with E-state index in [1.807, 2.05) is 0 Å². The maximum atomic E-state index is 12.5. The average Bonchev–Trinajstić information content (AvgIpc) is 2.93. The normalized spacial score (nSPS) is 22.7. The Balaban J connectivity index is 1.77. The van der Waals surface area contributed by atoms with Gasteiger partial charge in [-0.3, -0.25) is 9.78 Å². The smallest absolute Gasteiger partial charge is 0.384 e. The Morgan fingerprint density at radius 2 is 2.14 bits per heavy atom. The zero-order valence-corrected chi connectivity index (χ0v) is 11.5. The van der Waals surface area contributed by atoms with Crippen LogP contribution in [0.15, 0.2) is 40.0 Å². The second-order valence-corrected chi connectivity index (χ2v) is 5.23. The van der Waals surface area contributed by atoms with Crippen LogP contribution in [0, 0.1) is 0 Å². The van der Waals surface area contributed by atoms with Gasteiger partial charge < -0.3 is 9.84 Å². The molecule has 0 spiro atoms. The van der Waals surface area contributed by atoms with E-state index >= 15 is 0 Å². The summed E-state index contributed by atoms with van der Waals surface area (Å²) in [6.07, 6.45) is -0.603. The van der Waals surface area contributed by atoms with Crippen molar-refractivity contribution in [1.82, 2.24) is 15.0 Å². The van der Waals surface area contributed by atoms with Crippen molar-refractivity contribution in [2.75, 3.05) is 6.54 Å². The lowest BCUT2D eigenvalue weighted by Gasteiger charge is -2.30. The van der Waals surface area contributed by atoms with Gasteiger partial charge in [0.25, 0.3) is 5.56 Å². The molecule has 5 nitrogen and oxygen atoms in total. The number of piperidine rings is 1. The van der Waals surface area contributed by atoms with Gasteiger partial charge in [0.05, 0.1) is 6.04 Å². The number of alkyl halides is 3. The summed E-state index contributed by atoms with van der Waals surface area (Å²) in [6, 6.07) is 3.46. The van der Waals surface area contributed by atoms with Crippen molar-refractivity contribution in [2.24, 2.45) is 0 Å². The van der Waals surface area contributed by atoms with Crippen LogP contribution in [0.4, 0.5) is 13.2 Å². The van der Waals surface area contributed by atoms with Gasteiger partial charge in [0, 0.05) is 18.3 Å². The molecule has 2 aromatic rings. The molecule has 0 amide bonds. The third kappa shape index (κ3) is 2.92. The van der Waals surface area contributed by atoms with Crippen molar-refractivity contribution in [3.8, 4) is 0 Å². The molecule has 118 valence electrons. The second-order valence-electron chi connectivity index (χ2n) is 5.23. The summed E-state index contributed by atoms with van der Waals surface area (Å²) in [5.41, 5.74) is -0.459. The van der Waals surface area contributed by atoms with Gasteiger partial charge in [-0.25, -0.2) is 0 Å². The van der Waals surface area contributed by atoms with Crippen molar-refractivity contribution >= 4 is 0 Å². The number of hydrogen-bond acceptors (Lipinski definition) is 4. The predicted octanol–water partition coefficient (Wildman–Crippen LogP) is 2.52. The molecule has 22 heavy (non-hydrogen) atoms. The van der Waals surface area contributed by atoms with Crippen molar-refractivity contribution in [3.05, 3.63) is 52.3 Å². The molecule has 2 atom stereocenters. The molecular weight excluding hydrogens is 299 g/mol. The van der Waals surface area contributed by atoms with Crippen molar-refractivity contribution < 1.29 is 17.7 Å². The standard InChI is InChI=1S/C14H14F3N3O2/c15-14(16,17)12-2-1-9(8-19-12)11-7-10(3-5-18-11)20-13(21)4-6-22-20/h1-2,4,6,8,10-11,18H,3,5,7H2/t10-,11+/m0/s1. The summed E-state index contributed by atoms with van der Waals surface area (Å²) in [5, 5.41) is 3.23. The number of nitrogens with zero attached hydrogens (tertiary/aromatic N) is 2. The molecule has 8 heteroatoms. The Morgan fingerprint density at radius 3 is 2.73 bits per heavy atom. The molecule has 1 aliphatic heterocycles. The summed E-state index contributed by atoms with van der Waals surface area (Å²) < 4.78 is 44.1. The SMILES string of the molecule is O=c1ccon1[C@H]1CCN[C@@H](c2ccc(C(F)(F)F)nc2)C1. The molecule has 0 unspecified atom stereocenters. The number of hydrogen-bond donors (Lipinski definition) is 1. The topological polar surface area (TPSA) is 60.1 Å². The van der Waals surface area contributed by atoms with Crippen LogP contribution < -0.4 is 10.9 Å². The zero-order chi connectivity index (χ0) is 15.7. The van der Waals surface area contributed by atoms with E-state index in [-0.39, 0.29) is 17.6 Å². The lowest BCUT2D eigenvalue weighted by Crippen LogP contribution is -2.35. The lowest BCUT2D eigenvalue weighted by molar-refractivity contribution is -0.141.